The second-order valence-corrected chi connectivity index (χ2v) is 7.76. The molecule has 1 aliphatic rings. The van der Waals surface area contributed by atoms with Crippen LogP contribution in [-0.2, 0) is 11.3 Å². The van der Waals surface area contributed by atoms with Crippen LogP contribution in [0, 0.1) is 20.8 Å². The molecule has 1 aromatic heterocycles. The third-order valence-electron chi connectivity index (χ3n) is 5.53. The molecule has 0 unspecified atom stereocenters. The minimum absolute atomic E-state index is 0.136. The molecule has 0 radical (unpaired) electrons. The Labute approximate surface area is 160 Å². The molecule has 0 bridgehead atoms. The summed E-state index contributed by atoms with van der Waals surface area (Å²) in [4.78, 5) is 19.8. The first-order chi connectivity index (χ1) is 13.0. The number of imidazole rings is 1. The van der Waals surface area contributed by atoms with Gasteiger partial charge < -0.3 is 9.47 Å². The number of fused-ring (bicyclic) bond motifs is 1. The van der Waals surface area contributed by atoms with Gasteiger partial charge in [-0.2, -0.15) is 0 Å². The Kier molecular flexibility index (Phi) is 4.50. The molecule has 2 aromatic carbocycles. The van der Waals surface area contributed by atoms with Gasteiger partial charge in [-0.3, -0.25) is 4.79 Å². The topological polar surface area (TPSA) is 38.1 Å². The minimum Gasteiger partial charge on any atom is -0.328 e. The van der Waals surface area contributed by atoms with E-state index in [1.807, 2.05) is 11.0 Å². The van der Waals surface area contributed by atoms with Crippen LogP contribution in [0.15, 0.2) is 36.4 Å². The molecule has 0 aliphatic carbocycles. The fraction of sp³-hybridized carbons (Fsp3) is 0.391. The Bertz CT molecular complexity index is 995. The average molecular weight is 361 g/mol. The highest BCUT2D eigenvalue weighted by Gasteiger charge is 2.35. The maximum Gasteiger partial charge on any atom is 0.227 e. The van der Waals surface area contributed by atoms with Gasteiger partial charge in [0.15, 0.2) is 0 Å². The van der Waals surface area contributed by atoms with Gasteiger partial charge in [-0.05, 0) is 50.5 Å². The molecule has 1 atom stereocenters. The Morgan fingerprint density at radius 1 is 1.11 bits per heavy atom. The molecule has 0 N–H and O–H groups in total. The molecule has 4 heteroatoms. The number of benzene rings is 2. The van der Waals surface area contributed by atoms with Crippen LogP contribution in [0.4, 0.5) is 5.69 Å². The third-order valence-corrected chi connectivity index (χ3v) is 5.53. The molecule has 1 fully saturated rings. The number of hydrogen-bond donors (Lipinski definition) is 0. The van der Waals surface area contributed by atoms with Crippen molar-refractivity contribution in [3.05, 3.63) is 58.9 Å². The van der Waals surface area contributed by atoms with Crippen LogP contribution in [0.1, 0.15) is 48.2 Å². The number of para-hydroxylation sites is 2. The summed E-state index contributed by atoms with van der Waals surface area (Å²) in [5.41, 5.74) is 6.84. The van der Waals surface area contributed by atoms with Gasteiger partial charge in [-0.15, -0.1) is 0 Å². The van der Waals surface area contributed by atoms with E-state index in [9.17, 15) is 4.79 Å². The molecule has 0 spiro atoms. The first-order valence-corrected chi connectivity index (χ1v) is 9.83. The van der Waals surface area contributed by atoms with Crippen LogP contribution >= 0.6 is 0 Å². The van der Waals surface area contributed by atoms with Crippen molar-refractivity contribution < 1.29 is 4.79 Å². The monoisotopic (exact) mass is 361 g/mol. The van der Waals surface area contributed by atoms with Crippen LogP contribution in [0.5, 0.6) is 0 Å². The zero-order valence-electron chi connectivity index (χ0n) is 16.6. The molecule has 140 valence electrons. The van der Waals surface area contributed by atoms with E-state index in [1.54, 1.807) is 0 Å². The number of carbonyl (C=O) groups is 1. The zero-order valence-corrected chi connectivity index (χ0v) is 16.6. The van der Waals surface area contributed by atoms with Crippen molar-refractivity contribution in [1.82, 2.24) is 9.55 Å². The van der Waals surface area contributed by atoms with Crippen LogP contribution in [0.25, 0.3) is 11.0 Å². The molecule has 2 heterocycles. The molecule has 4 nitrogen and oxygen atoms in total. The number of hydrogen-bond acceptors (Lipinski definition) is 2. The smallest absolute Gasteiger partial charge is 0.227 e. The van der Waals surface area contributed by atoms with Crippen LogP contribution in [0.2, 0.25) is 0 Å². The lowest BCUT2D eigenvalue weighted by Gasteiger charge is -2.22. The maximum atomic E-state index is 12.9. The van der Waals surface area contributed by atoms with Crippen LogP contribution in [-0.4, -0.2) is 22.0 Å². The number of rotatable bonds is 4. The lowest BCUT2D eigenvalue weighted by Crippen LogP contribution is -2.26. The van der Waals surface area contributed by atoms with Gasteiger partial charge >= 0.3 is 0 Å². The van der Waals surface area contributed by atoms with Gasteiger partial charge in [-0.1, -0.05) is 36.8 Å². The Morgan fingerprint density at radius 3 is 2.52 bits per heavy atom. The molecule has 0 saturated carbocycles. The first kappa shape index (κ1) is 17.8. The number of amides is 1. The summed E-state index contributed by atoms with van der Waals surface area (Å²) in [6.45, 7) is 10.1. The van der Waals surface area contributed by atoms with Gasteiger partial charge in [0.1, 0.15) is 5.82 Å². The summed E-state index contributed by atoms with van der Waals surface area (Å²) in [5.74, 6) is 1.39. The fourth-order valence-electron chi connectivity index (χ4n) is 4.56. The maximum absolute atomic E-state index is 12.9. The van der Waals surface area contributed by atoms with Crippen LogP contribution in [0.3, 0.4) is 0 Å². The van der Waals surface area contributed by atoms with Crippen molar-refractivity contribution in [1.29, 1.82) is 0 Å². The molecule has 3 aromatic rings. The number of anilines is 1. The molecule has 1 saturated heterocycles. The lowest BCUT2D eigenvalue weighted by atomic mass is 10.0. The number of aryl methyl sites for hydroxylation is 4. The molecule has 1 aliphatic heterocycles. The number of carbonyl (C=O) groups excluding carboxylic acids is 1. The summed E-state index contributed by atoms with van der Waals surface area (Å²) >= 11 is 0. The Hall–Kier alpha value is -2.62. The highest BCUT2D eigenvalue weighted by Crippen LogP contribution is 2.36. The molecular formula is C23H27N3O. The van der Waals surface area contributed by atoms with Crippen molar-refractivity contribution in [2.75, 3.05) is 11.4 Å². The predicted octanol–water partition coefficient (Wildman–Crippen LogP) is 4.89. The van der Waals surface area contributed by atoms with Gasteiger partial charge in [0.05, 0.1) is 11.0 Å². The zero-order chi connectivity index (χ0) is 19.1. The van der Waals surface area contributed by atoms with Crippen molar-refractivity contribution in [2.45, 2.75) is 53.0 Å². The van der Waals surface area contributed by atoms with Gasteiger partial charge in [-0.25, -0.2) is 4.98 Å². The summed E-state index contributed by atoms with van der Waals surface area (Å²) < 4.78 is 2.31. The van der Waals surface area contributed by atoms with Crippen LogP contribution < -0.4 is 4.90 Å². The van der Waals surface area contributed by atoms with Crippen molar-refractivity contribution >= 4 is 22.6 Å². The minimum atomic E-state index is 0.136. The van der Waals surface area contributed by atoms with E-state index >= 15 is 0 Å². The highest BCUT2D eigenvalue weighted by molar-refractivity contribution is 5.98. The number of aromatic nitrogens is 2. The van der Waals surface area contributed by atoms with E-state index in [2.05, 4.69) is 62.6 Å². The normalized spacial score (nSPS) is 17.3. The summed E-state index contributed by atoms with van der Waals surface area (Å²) in [6, 6.07) is 12.6. The molecule has 27 heavy (non-hydrogen) atoms. The van der Waals surface area contributed by atoms with E-state index in [1.165, 1.54) is 22.2 Å². The van der Waals surface area contributed by atoms with E-state index < -0.39 is 0 Å². The van der Waals surface area contributed by atoms with Crippen molar-refractivity contribution in [3.63, 3.8) is 0 Å². The van der Waals surface area contributed by atoms with E-state index in [0.717, 1.165) is 30.0 Å². The number of nitrogens with zero attached hydrogens (tertiary/aromatic N) is 3. The lowest BCUT2D eigenvalue weighted by molar-refractivity contribution is -0.117. The summed E-state index contributed by atoms with van der Waals surface area (Å²) in [6.07, 6.45) is 1.58. The van der Waals surface area contributed by atoms with Gasteiger partial charge in [0.25, 0.3) is 0 Å². The molecule has 4 rings (SSSR count). The van der Waals surface area contributed by atoms with Gasteiger partial charge in [0, 0.05) is 31.1 Å². The largest absolute Gasteiger partial charge is 0.328 e. The second-order valence-electron chi connectivity index (χ2n) is 7.76. The van der Waals surface area contributed by atoms with E-state index in [4.69, 9.17) is 4.98 Å². The fourth-order valence-corrected chi connectivity index (χ4v) is 4.56. The van der Waals surface area contributed by atoms with Crippen molar-refractivity contribution in [3.8, 4) is 0 Å². The Morgan fingerprint density at radius 2 is 1.81 bits per heavy atom. The standard InChI is InChI=1S/C23H27N3O/c1-5-10-25-20-9-7-6-8-19(20)24-23(25)18-13-21(27)26(14-18)22-16(3)11-15(2)12-17(22)4/h6-9,11-12,18H,5,10,13-14H2,1-4H3/t18-/m1/s1. The average Bonchev–Trinajstić information content (AvgIpc) is 3.16. The summed E-state index contributed by atoms with van der Waals surface area (Å²) in [7, 11) is 0. The van der Waals surface area contributed by atoms with E-state index in [-0.39, 0.29) is 11.8 Å². The highest BCUT2D eigenvalue weighted by atomic mass is 16.2. The third kappa shape index (κ3) is 3.03. The van der Waals surface area contributed by atoms with E-state index in [0.29, 0.717) is 13.0 Å². The quantitative estimate of drug-likeness (QED) is 0.663. The Balaban J connectivity index is 1.73. The van der Waals surface area contributed by atoms with Crippen molar-refractivity contribution in [2.24, 2.45) is 0 Å². The molecular weight excluding hydrogens is 334 g/mol. The summed E-state index contributed by atoms with van der Waals surface area (Å²) in [5, 5.41) is 0. The second kappa shape index (κ2) is 6.84. The predicted molar refractivity (Wildman–Crippen MR) is 110 cm³/mol. The van der Waals surface area contributed by atoms with Gasteiger partial charge in [0.2, 0.25) is 5.91 Å². The molecule has 1 amide bonds. The first-order valence-electron chi connectivity index (χ1n) is 9.83. The SMILES string of the molecule is CCCn1c([C@@H]2CC(=O)N(c3c(C)cc(C)cc3C)C2)nc2ccccc21.